The van der Waals surface area contributed by atoms with Crippen molar-refractivity contribution < 1.29 is 5.11 Å². The summed E-state index contributed by atoms with van der Waals surface area (Å²) in [5.41, 5.74) is 8.81. The van der Waals surface area contributed by atoms with Crippen LogP contribution in [0, 0.1) is 11.3 Å². The molecule has 0 unspecified atom stereocenters. The molecule has 17 heavy (non-hydrogen) atoms. The normalized spacial score (nSPS) is 42.1. The van der Waals surface area contributed by atoms with E-state index in [1.165, 1.54) is 18.4 Å². The molecule has 0 aromatic carbocycles. The van der Waals surface area contributed by atoms with Gasteiger partial charge in [0.2, 0.25) is 0 Å². The van der Waals surface area contributed by atoms with Crippen molar-refractivity contribution in [1.29, 1.82) is 0 Å². The monoisotopic (exact) mass is 235 g/mol. The third kappa shape index (κ3) is 1.88. The fraction of sp³-hybridized carbons (Fsp3) is 0.733. The van der Waals surface area contributed by atoms with Gasteiger partial charge in [-0.3, -0.25) is 0 Å². The predicted molar refractivity (Wildman–Crippen MR) is 71.6 cm³/mol. The minimum atomic E-state index is -0.244. The third-order valence-electron chi connectivity index (χ3n) is 5.31. The Bertz CT molecular complexity index is 349. The Labute approximate surface area is 105 Å². The predicted octanol–water partition coefficient (Wildman–Crippen LogP) is 2.78. The molecule has 2 rings (SSSR count). The average Bonchev–Trinajstić information content (AvgIpc) is 2.30. The van der Waals surface area contributed by atoms with Crippen LogP contribution < -0.4 is 5.73 Å². The van der Waals surface area contributed by atoms with E-state index in [4.69, 9.17) is 5.73 Å². The minimum Gasteiger partial charge on any atom is -0.392 e. The van der Waals surface area contributed by atoms with Gasteiger partial charge in [-0.05, 0) is 55.4 Å². The van der Waals surface area contributed by atoms with E-state index in [0.717, 1.165) is 31.3 Å². The molecule has 2 aliphatic rings. The molecule has 2 nitrogen and oxygen atoms in total. The van der Waals surface area contributed by atoms with Gasteiger partial charge in [0.1, 0.15) is 0 Å². The lowest BCUT2D eigenvalue weighted by Crippen LogP contribution is -2.60. The Morgan fingerprint density at radius 3 is 2.88 bits per heavy atom. The van der Waals surface area contributed by atoms with E-state index < -0.39 is 0 Å². The van der Waals surface area contributed by atoms with Gasteiger partial charge in [0.25, 0.3) is 0 Å². The second-order valence-corrected chi connectivity index (χ2v) is 6.25. The smallest absolute Gasteiger partial charge is 0.0641 e. The van der Waals surface area contributed by atoms with E-state index in [9.17, 15) is 5.11 Å². The molecule has 0 aliphatic heterocycles. The minimum absolute atomic E-state index is 0.0872. The topological polar surface area (TPSA) is 46.2 Å². The highest BCUT2D eigenvalue weighted by Crippen LogP contribution is 2.55. The fourth-order valence-electron chi connectivity index (χ4n) is 3.76. The molecule has 0 spiro atoms. The maximum atomic E-state index is 9.23. The maximum Gasteiger partial charge on any atom is 0.0641 e. The molecule has 3 atom stereocenters. The summed E-state index contributed by atoms with van der Waals surface area (Å²) in [6.07, 6.45) is 6.65. The number of hydrogen-bond donors (Lipinski definition) is 2. The van der Waals surface area contributed by atoms with Crippen molar-refractivity contribution >= 4 is 0 Å². The Hall–Kier alpha value is -0.600. The van der Waals surface area contributed by atoms with E-state index in [1.54, 1.807) is 0 Å². The molecule has 96 valence electrons. The van der Waals surface area contributed by atoms with Crippen molar-refractivity contribution in [2.24, 2.45) is 17.1 Å². The van der Waals surface area contributed by atoms with Gasteiger partial charge in [-0.1, -0.05) is 25.7 Å². The van der Waals surface area contributed by atoms with Gasteiger partial charge in [0, 0.05) is 5.54 Å². The summed E-state index contributed by atoms with van der Waals surface area (Å²) in [5.74, 6) is 0.368. The van der Waals surface area contributed by atoms with Crippen LogP contribution in [0.25, 0.3) is 0 Å². The van der Waals surface area contributed by atoms with E-state index >= 15 is 0 Å². The lowest BCUT2D eigenvalue weighted by atomic mass is 9.52. The largest absolute Gasteiger partial charge is 0.392 e. The quantitative estimate of drug-likeness (QED) is 0.723. The molecule has 2 fully saturated rings. The first-order chi connectivity index (χ1) is 7.93. The molecule has 0 aromatic heterocycles. The summed E-state index contributed by atoms with van der Waals surface area (Å²) in [6, 6.07) is 0. The first kappa shape index (κ1) is 12.8. The van der Waals surface area contributed by atoms with Crippen LogP contribution in [0.3, 0.4) is 0 Å². The zero-order valence-electron chi connectivity index (χ0n) is 11.0. The van der Waals surface area contributed by atoms with Crippen LogP contribution in [0.15, 0.2) is 24.3 Å². The van der Waals surface area contributed by atoms with Crippen LogP contribution in [0.2, 0.25) is 0 Å². The molecule has 0 aromatic rings. The highest BCUT2D eigenvalue weighted by molar-refractivity contribution is 5.28. The van der Waals surface area contributed by atoms with Crippen LogP contribution in [0.1, 0.15) is 45.4 Å². The van der Waals surface area contributed by atoms with Crippen LogP contribution in [-0.2, 0) is 0 Å². The Morgan fingerprint density at radius 2 is 2.24 bits per heavy atom. The summed E-state index contributed by atoms with van der Waals surface area (Å²) < 4.78 is 0. The number of hydrogen-bond acceptors (Lipinski definition) is 2. The molecular weight excluding hydrogens is 210 g/mol. The van der Waals surface area contributed by atoms with Crippen LogP contribution in [-0.4, -0.2) is 17.3 Å². The lowest BCUT2D eigenvalue weighted by Gasteiger charge is -2.56. The summed E-state index contributed by atoms with van der Waals surface area (Å²) in [4.78, 5) is 0. The lowest BCUT2D eigenvalue weighted by molar-refractivity contribution is 0.0517. The molecular formula is C15H25NO. The van der Waals surface area contributed by atoms with E-state index in [1.807, 2.05) is 0 Å². The number of aliphatic hydroxyl groups excluding tert-OH is 1. The van der Waals surface area contributed by atoms with Crippen molar-refractivity contribution in [3.8, 4) is 0 Å². The van der Waals surface area contributed by atoms with Crippen molar-refractivity contribution in [2.75, 3.05) is 6.61 Å². The Kier molecular flexibility index (Phi) is 3.21. The molecule has 0 heterocycles. The fourth-order valence-corrected chi connectivity index (χ4v) is 3.76. The number of nitrogens with two attached hydrogens (primary N) is 1. The Balaban J connectivity index is 2.25. The SMILES string of the molecule is C=C(CO)[C@@H]1CC[C@@]2(C)CCCC(=C)[C@]2(N)C1. The maximum absolute atomic E-state index is 9.23. The van der Waals surface area contributed by atoms with Gasteiger partial charge in [0.05, 0.1) is 6.61 Å². The summed E-state index contributed by atoms with van der Waals surface area (Å²) in [5, 5.41) is 9.23. The van der Waals surface area contributed by atoms with Gasteiger partial charge in [-0.15, -0.1) is 0 Å². The summed E-state index contributed by atoms with van der Waals surface area (Å²) in [7, 11) is 0. The molecule has 3 N–H and O–H groups in total. The van der Waals surface area contributed by atoms with Gasteiger partial charge in [0.15, 0.2) is 0 Å². The molecule has 2 heteroatoms. The van der Waals surface area contributed by atoms with Crippen molar-refractivity contribution in [3.05, 3.63) is 24.3 Å². The summed E-state index contributed by atoms with van der Waals surface area (Å²) >= 11 is 0. The van der Waals surface area contributed by atoms with E-state index in [0.29, 0.717) is 5.92 Å². The molecule has 0 radical (unpaired) electrons. The van der Waals surface area contributed by atoms with Gasteiger partial charge >= 0.3 is 0 Å². The van der Waals surface area contributed by atoms with Gasteiger partial charge in [-0.2, -0.15) is 0 Å². The average molecular weight is 235 g/mol. The van der Waals surface area contributed by atoms with E-state index in [-0.39, 0.29) is 17.6 Å². The van der Waals surface area contributed by atoms with Crippen LogP contribution >= 0.6 is 0 Å². The zero-order chi connectivity index (χ0) is 12.7. The second-order valence-electron chi connectivity index (χ2n) is 6.25. The Morgan fingerprint density at radius 1 is 1.53 bits per heavy atom. The van der Waals surface area contributed by atoms with Crippen LogP contribution in [0.4, 0.5) is 0 Å². The molecule has 0 bridgehead atoms. The van der Waals surface area contributed by atoms with Gasteiger partial charge < -0.3 is 10.8 Å². The molecule has 0 amide bonds. The third-order valence-corrected chi connectivity index (χ3v) is 5.31. The number of fused-ring (bicyclic) bond motifs is 1. The zero-order valence-corrected chi connectivity index (χ0v) is 11.0. The van der Waals surface area contributed by atoms with Gasteiger partial charge in [-0.25, -0.2) is 0 Å². The highest BCUT2D eigenvalue weighted by Gasteiger charge is 2.52. The summed E-state index contributed by atoms with van der Waals surface area (Å²) in [6.45, 7) is 10.6. The highest BCUT2D eigenvalue weighted by atomic mass is 16.3. The molecule has 0 saturated heterocycles. The van der Waals surface area contributed by atoms with Crippen molar-refractivity contribution in [2.45, 2.75) is 51.0 Å². The first-order valence-corrected chi connectivity index (χ1v) is 6.68. The van der Waals surface area contributed by atoms with Crippen molar-refractivity contribution in [3.63, 3.8) is 0 Å². The van der Waals surface area contributed by atoms with Crippen LogP contribution in [0.5, 0.6) is 0 Å². The molecule has 2 saturated carbocycles. The standard InChI is InChI=1S/C15H25NO/c1-11(10-17)13-6-8-14(3)7-4-5-12(2)15(14,16)9-13/h13,17H,1-2,4-10,16H2,3H3/t13-,14-,15-/m1/s1. The first-order valence-electron chi connectivity index (χ1n) is 6.68. The number of rotatable bonds is 2. The number of aliphatic hydroxyl groups is 1. The molecule has 2 aliphatic carbocycles. The second kappa shape index (κ2) is 4.25. The van der Waals surface area contributed by atoms with Crippen molar-refractivity contribution in [1.82, 2.24) is 0 Å². The van der Waals surface area contributed by atoms with E-state index in [2.05, 4.69) is 20.1 Å².